The van der Waals surface area contributed by atoms with E-state index in [4.69, 9.17) is 5.73 Å². The fourth-order valence-electron chi connectivity index (χ4n) is 2.98. The maximum atomic E-state index is 12.2. The quantitative estimate of drug-likeness (QED) is 0.651. The van der Waals surface area contributed by atoms with Crippen molar-refractivity contribution < 1.29 is 9.90 Å². The average molecular weight is 287 g/mol. The fourth-order valence-corrected chi connectivity index (χ4v) is 2.98. The first kappa shape index (κ1) is 13.9. The minimum atomic E-state index is -0.159. The molecule has 1 aliphatic carbocycles. The predicted octanol–water partition coefficient (Wildman–Crippen LogP) is 2.03. The Hall–Kier alpha value is -2.01. The Bertz CT molecular complexity index is 642. The minimum absolute atomic E-state index is 0.100. The van der Waals surface area contributed by atoms with Crippen molar-refractivity contribution >= 4 is 22.5 Å². The van der Waals surface area contributed by atoms with E-state index in [2.05, 4.69) is 10.3 Å². The third-order valence-electron chi connectivity index (χ3n) is 4.30. The van der Waals surface area contributed by atoms with Crippen LogP contribution in [0.5, 0.6) is 0 Å². The lowest BCUT2D eigenvalue weighted by Crippen LogP contribution is -2.32. The topological polar surface area (TPSA) is 91.1 Å². The smallest absolute Gasteiger partial charge is 0.267 e. The van der Waals surface area contributed by atoms with Crippen LogP contribution in [0.3, 0.4) is 0 Å². The molecule has 0 aliphatic heterocycles. The van der Waals surface area contributed by atoms with Gasteiger partial charge in [0.15, 0.2) is 0 Å². The molecule has 1 aliphatic rings. The van der Waals surface area contributed by atoms with Crippen molar-refractivity contribution in [1.82, 2.24) is 10.3 Å². The van der Waals surface area contributed by atoms with Crippen LogP contribution in [0, 0.1) is 5.92 Å². The molecule has 0 saturated heterocycles. The zero-order valence-corrected chi connectivity index (χ0v) is 11.9. The van der Waals surface area contributed by atoms with Crippen LogP contribution in [-0.4, -0.2) is 28.6 Å². The average Bonchev–Trinajstić information content (AvgIpc) is 2.92. The molecule has 1 aromatic heterocycles. The molecule has 1 amide bonds. The van der Waals surface area contributed by atoms with E-state index in [-0.39, 0.29) is 12.0 Å². The molecule has 0 spiro atoms. The lowest BCUT2D eigenvalue weighted by Gasteiger charge is -2.25. The Morgan fingerprint density at radius 3 is 2.81 bits per heavy atom. The first-order valence-corrected chi connectivity index (χ1v) is 7.47. The molecule has 2 aromatic rings. The lowest BCUT2D eigenvalue weighted by atomic mass is 9.87. The van der Waals surface area contributed by atoms with Crippen LogP contribution in [0.1, 0.15) is 36.2 Å². The number of fused-ring (bicyclic) bond motifs is 1. The van der Waals surface area contributed by atoms with E-state index >= 15 is 0 Å². The molecular weight excluding hydrogens is 266 g/mol. The summed E-state index contributed by atoms with van der Waals surface area (Å²) in [4.78, 5) is 15.3. The number of aromatic amines is 1. The Morgan fingerprint density at radius 2 is 2.10 bits per heavy atom. The van der Waals surface area contributed by atoms with Crippen molar-refractivity contribution in [3.8, 4) is 0 Å². The summed E-state index contributed by atoms with van der Waals surface area (Å²) in [7, 11) is 0. The third-order valence-corrected chi connectivity index (χ3v) is 4.30. The standard InChI is InChI=1S/C16H21N3O2/c17-13-3-1-2-11-8-14(19-15(11)13)16(21)18-9-10-4-6-12(20)7-5-10/h1-3,8,10,12,19-20H,4-7,9,17H2,(H,18,21). The van der Waals surface area contributed by atoms with Gasteiger partial charge in [-0.1, -0.05) is 12.1 Å². The molecule has 0 unspecified atom stereocenters. The van der Waals surface area contributed by atoms with E-state index in [1.54, 1.807) is 0 Å². The number of nitrogens with two attached hydrogens (primary N) is 1. The van der Waals surface area contributed by atoms with Gasteiger partial charge in [-0.2, -0.15) is 0 Å². The Kier molecular flexibility index (Phi) is 3.84. The number of hydrogen-bond donors (Lipinski definition) is 4. The molecule has 5 heteroatoms. The fraction of sp³-hybridized carbons (Fsp3) is 0.438. The van der Waals surface area contributed by atoms with Gasteiger partial charge in [-0.05, 0) is 43.7 Å². The summed E-state index contributed by atoms with van der Waals surface area (Å²) in [5.41, 5.74) is 7.88. The Labute approximate surface area is 123 Å². The van der Waals surface area contributed by atoms with Crippen LogP contribution in [0.15, 0.2) is 24.3 Å². The molecule has 5 N–H and O–H groups in total. The van der Waals surface area contributed by atoms with E-state index in [1.807, 2.05) is 24.3 Å². The maximum Gasteiger partial charge on any atom is 0.267 e. The lowest BCUT2D eigenvalue weighted by molar-refractivity contribution is 0.0906. The third kappa shape index (κ3) is 3.03. The minimum Gasteiger partial charge on any atom is -0.397 e. The van der Waals surface area contributed by atoms with Crippen LogP contribution in [-0.2, 0) is 0 Å². The normalized spacial score (nSPS) is 22.3. The molecule has 112 valence electrons. The van der Waals surface area contributed by atoms with Crippen LogP contribution in [0.2, 0.25) is 0 Å². The predicted molar refractivity (Wildman–Crippen MR) is 83.0 cm³/mol. The zero-order valence-electron chi connectivity index (χ0n) is 11.9. The molecule has 1 heterocycles. The van der Waals surface area contributed by atoms with Gasteiger partial charge in [-0.15, -0.1) is 0 Å². The zero-order chi connectivity index (χ0) is 14.8. The highest BCUT2D eigenvalue weighted by Crippen LogP contribution is 2.24. The number of hydrogen-bond acceptors (Lipinski definition) is 3. The number of aliphatic hydroxyl groups excluding tert-OH is 1. The maximum absolute atomic E-state index is 12.2. The molecule has 3 rings (SSSR count). The summed E-state index contributed by atoms with van der Waals surface area (Å²) in [5.74, 6) is 0.364. The summed E-state index contributed by atoms with van der Waals surface area (Å²) in [6.07, 6.45) is 3.46. The highest BCUT2D eigenvalue weighted by Gasteiger charge is 2.20. The summed E-state index contributed by atoms with van der Waals surface area (Å²) >= 11 is 0. The number of carbonyl (C=O) groups excluding carboxylic acids is 1. The number of benzene rings is 1. The Morgan fingerprint density at radius 1 is 1.33 bits per heavy atom. The van der Waals surface area contributed by atoms with Gasteiger partial charge in [0, 0.05) is 11.9 Å². The van der Waals surface area contributed by atoms with Crippen molar-refractivity contribution in [3.63, 3.8) is 0 Å². The van der Waals surface area contributed by atoms with E-state index in [1.165, 1.54) is 0 Å². The molecule has 1 saturated carbocycles. The first-order chi connectivity index (χ1) is 10.1. The van der Waals surface area contributed by atoms with Gasteiger partial charge in [-0.3, -0.25) is 4.79 Å². The number of anilines is 1. The van der Waals surface area contributed by atoms with Crippen molar-refractivity contribution in [3.05, 3.63) is 30.0 Å². The second-order valence-corrected chi connectivity index (χ2v) is 5.88. The van der Waals surface area contributed by atoms with E-state index in [0.717, 1.165) is 36.6 Å². The molecule has 1 fully saturated rings. The van der Waals surface area contributed by atoms with E-state index < -0.39 is 0 Å². The summed E-state index contributed by atoms with van der Waals surface area (Å²) in [5, 5.41) is 13.4. The molecule has 21 heavy (non-hydrogen) atoms. The number of H-pyrrole nitrogens is 1. The molecule has 1 aromatic carbocycles. The second kappa shape index (κ2) is 5.77. The summed E-state index contributed by atoms with van der Waals surface area (Å²) in [6, 6.07) is 7.45. The molecule has 0 bridgehead atoms. The van der Waals surface area contributed by atoms with Gasteiger partial charge < -0.3 is 21.1 Å². The van der Waals surface area contributed by atoms with Gasteiger partial charge in [-0.25, -0.2) is 0 Å². The van der Waals surface area contributed by atoms with Crippen LogP contribution < -0.4 is 11.1 Å². The number of aromatic nitrogens is 1. The molecule has 0 radical (unpaired) electrons. The van der Waals surface area contributed by atoms with Crippen LogP contribution >= 0.6 is 0 Å². The SMILES string of the molecule is Nc1cccc2cc(C(=O)NCC3CCC(O)CC3)[nH]c12. The number of nitrogen functional groups attached to an aromatic ring is 1. The van der Waals surface area contributed by atoms with Crippen LogP contribution in [0.4, 0.5) is 5.69 Å². The number of aliphatic hydroxyl groups is 1. The van der Waals surface area contributed by atoms with Crippen molar-refractivity contribution in [2.24, 2.45) is 5.92 Å². The molecular formula is C16H21N3O2. The van der Waals surface area contributed by atoms with Crippen molar-refractivity contribution in [2.75, 3.05) is 12.3 Å². The van der Waals surface area contributed by atoms with Gasteiger partial charge in [0.1, 0.15) is 5.69 Å². The number of para-hydroxylation sites is 1. The number of amides is 1. The van der Waals surface area contributed by atoms with E-state index in [9.17, 15) is 9.90 Å². The van der Waals surface area contributed by atoms with Gasteiger partial charge in [0.25, 0.3) is 5.91 Å². The van der Waals surface area contributed by atoms with Gasteiger partial charge in [0.05, 0.1) is 17.3 Å². The highest BCUT2D eigenvalue weighted by atomic mass is 16.3. The van der Waals surface area contributed by atoms with E-state index in [0.29, 0.717) is 23.8 Å². The number of carbonyl (C=O) groups is 1. The second-order valence-electron chi connectivity index (χ2n) is 5.88. The molecule has 5 nitrogen and oxygen atoms in total. The highest BCUT2D eigenvalue weighted by molar-refractivity contribution is 6.00. The van der Waals surface area contributed by atoms with Gasteiger partial charge >= 0.3 is 0 Å². The Balaban J connectivity index is 1.63. The largest absolute Gasteiger partial charge is 0.397 e. The monoisotopic (exact) mass is 287 g/mol. The van der Waals surface area contributed by atoms with Crippen LogP contribution in [0.25, 0.3) is 10.9 Å². The van der Waals surface area contributed by atoms with Gasteiger partial charge in [0.2, 0.25) is 0 Å². The number of rotatable bonds is 3. The summed E-state index contributed by atoms with van der Waals surface area (Å²) < 4.78 is 0. The van der Waals surface area contributed by atoms with Crippen molar-refractivity contribution in [1.29, 1.82) is 0 Å². The molecule has 0 atom stereocenters. The first-order valence-electron chi connectivity index (χ1n) is 7.47. The summed E-state index contributed by atoms with van der Waals surface area (Å²) in [6.45, 7) is 0.663. The van der Waals surface area contributed by atoms with Crippen molar-refractivity contribution in [2.45, 2.75) is 31.8 Å². The number of nitrogens with one attached hydrogen (secondary N) is 2.